The minimum absolute atomic E-state index is 0.0779. The lowest BCUT2D eigenvalue weighted by Gasteiger charge is -2.30. The highest BCUT2D eigenvalue weighted by Gasteiger charge is 2.29. The largest absolute Gasteiger partial charge is 0.469 e. The van der Waals surface area contributed by atoms with Gasteiger partial charge in [0.25, 0.3) is 0 Å². The zero-order valence-electron chi connectivity index (χ0n) is 12.7. The first-order valence-corrected chi connectivity index (χ1v) is 7.75. The Balaban J connectivity index is 1.91. The van der Waals surface area contributed by atoms with Crippen LogP contribution in [0.1, 0.15) is 32.1 Å². The molecule has 0 N–H and O–H groups in total. The number of methoxy groups -OCH3 is 1. The molecule has 21 heavy (non-hydrogen) atoms. The highest BCUT2D eigenvalue weighted by molar-refractivity contribution is 5.80. The molecule has 0 radical (unpaired) electrons. The van der Waals surface area contributed by atoms with E-state index in [1.165, 1.54) is 7.11 Å². The SMILES string of the molecule is COC(=O)CCN(CC1CCCO1)C(=O)C1CCCOC1. The van der Waals surface area contributed by atoms with E-state index in [4.69, 9.17) is 9.47 Å². The second-order valence-electron chi connectivity index (χ2n) is 5.66. The van der Waals surface area contributed by atoms with Crippen LogP contribution in [0.25, 0.3) is 0 Å². The van der Waals surface area contributed by atoms with Crippen molar-refractivity contribution in [1.82, 2.24) is 4.90 Å². The Morgan fingerprint density at radius 1 is 1.24 bits per heavy atom. The third-order valence-electron chi connectivity index (χ3n) is 4.08. The molecule has 0 bridgehead atoms. The Morgan fingerprint density at radius 2 is 2.05 bits per heavy atom. The van der Waals surface area contributed by atoms with Crippen molar-refractivity contribution in [3.8, 4) is 0 Å². The third kappa shape index (κ3) is 4.97. The summed E-state index contributed by atoms with van der Waals surface area (Å²) < 4.78 is 15.7. The molecule has 2 unspecified atom stereocenters. The molecular weight excluding hydrogens is 274 g/mol. The maximum absolute atomic E-state index is 12.6. The van der Waals surface area contributed by atoms with Gasteiger partial charge in [0.15, 0.2) is 0 Å². The van der Waals surface area contributed by atoms with Gasteiger partial charge in [-0.15, -0.1) is 0 Å². The second-order valence-corrected chi connectivity index (χ2v) is 5.66. The molecule has 6 heteroatoms. The normalized spacial score (nSPS) is 25.6. The van der Waals surface area contributed by atoms with Gasteiger partial charge in [0, 0.05) is 26.3 Å². The predicted molar refractivity (Wildman–Crippen MR) is 75.7 cm³/mol. The molecular formula is C15H25NO5. The first kappa shape index (κ1) is 16.2. The highest BCUT2D eigenvalue weighted by atomic mass is 16.5. The van der Waals surface area contributed by atoms with Crippen LogP contribution in [-0.2, 0) is 23.8 Å². The van der Waals surface area contributed by atoms with Gasteiger partial charge in [-0.3, -0.25) is 9.59 Å². The van der Waals surface area contributed by atoms with Crippen molar-refractivity contribution in [3.63, 3.8) is 0 Å². The van der Waals surface area contributed by atoms with Crippen LogP contribution < -0.4 is 0 Å². The second kappa shape index (κ2) is 8.34. The molecule has 6 nitrogen and oxygen atoms in total. The van der Waals surface area contributed by atoms with E-state index in [9.17, 15) is 9.59 Å². The van der Waals surface area contributed by atoms with Gasteiger partial charge in [-0.25, -0.2) is 0 Å². The third-order valence-corrected chi connectivity index (χ3v) is 4.08. The summed E-state index contributed by atoms with van der Waals surface area (Å²) in [7, 11) is 1.36. The maximum Gasteiger partial charge on any atom is 0.307 e. The van der Waals surface area contributed by atoms with E-state index in [2.05, 4.69) is 4.74 Å². The summed E-state index contributed by atoms with van der Waals surface area (Å²) in [6.45, 7) is 2.93. The number of rotatable bonds is 6. The lowest BCUT2D eigenvalue weighted by Crippen LogP contribution is -2.44. The fraction of sp³-hybridized carbons (Fsp3) is 0.867. The summed E-state index contributed by atoms with van der Waals surface area (Å²) in [6, 6.07) is 0. The van der Waals surface area contributed by atoms with Crippen LogP contribution in [0.2, 0.25) is 0 Å². The van der Waals surface area contributed by atoms with Crippen molar-refractivity contribution in [2.75, 3.05) is 40.0 Å². The Morgan fingerprint density at radius 3 is 2.67 bits per heavy atom. The molecule has 2 heterocycles. The van der Waals surface area contributed by atoms with Crippen molar-refractivity contribution < 1.29 is 23.8 Å². The zero-order chi connectivity index (χ0) is 15.1. The molecule has 2 rings (SSSR count). The van der Waals surface area contributed by atoms with Gasteiger partial charge in [0.05, 0.1) is 32.2 Å². The Bertz CT molecular complexity index is 348. The first-order valence-electron chi connectivity index (χ1n) is 7.75. The van der Waals surface area contributed by atoms with E-state index >= 15 is 0 Å². The molecule has 0 aromatic rings. The first-order chi connectivity index (χ1) is 10.2. The highest BCUT2D eigenvalue weighted by Crippen LogP contribution is 2.19. The molecule has 2 fully saturated rings. The van der Waals surface area contributed by atoms with Gasteiger partial charge < -0.3 is 19.1 Å². The van der Waals surface area contributed by atoms with Gasteiger partial charge in [0.2, 0.25) is 5.91 Å². The Hall–Kier alpha value is -1.14. The molecule has 120 valence electrons. The molecule has 0 aromatic heterocycles. The summed E-state index contributed by atoms with van der Waals surface area (Å²) in [5, 5.41) is 0. The van der Waals surface area contributed by atoms with Crippen LogP contribution in [0.4, 0.5) is 0 Å². The molecule has 2 saturated heterocycles. The zero-order valence-corrected chi connectivity index (χ0v) is 12.7. The maximum atomic E-state index is 12.6. The van der Waals surface area contributed by atoms with E-state index in [-0.39, 0.29) is 30.3 Å². The predicted octanol–water partition coefficient (Wildman–Crippen LogP) is 0.984. The molecule has 2 aliphatic heterocycles. The number of hydrogen-bond donors (Lipinski definition) is 0. The van der Waals surface area contributed by atoms with E-state index in [0.29, 0.717) is 19.7 Å². The fourth-order valence-corrected chi connectivity index (χ4v) is 2.85. The van der Waals surface area contributed by atoms with Crippen molar-refractivity contribution in [2.24, 2.45) is 5.92 Å². The number of amides is 1. The summed E-state index contributed by atoms with van der Waals surface area (Å²) in [5.41, 5.74) is 0. The van der Waals surface area contributed by atoms with Crippen molar-refractivity contribution in [2.45, 2.75) is 38.2 Å². The number of hydrogen-bond acceptors (Lipinski definition) is 5. The fourth-order valence-electron chi connectivity index (χ4n) is 2.85. The van der Waals surface area contributed by atoms with E-state index < -0.39 is 0 Å². The monoisotopic (exact) mass is 299 g/mol. The van der Waals surface area contributed by atoms with Crippen LogP contribution >= 0.6 is 0 Å². The van der Waals surface area contributed by atoms with Crippen LogP contribution in [0.5, 0.6) is 0 Å². The Labute approximate surface area is 125 Å². The number of ether oxygens (including phenoxy) is 3. The minimum Gasteiger partial charge on any atom is -0.469 e. The minimum atomic E-state index is -0.292. The number of nitrogens with zero attached hydrogens (tertiary/aromatic N) is 1. The topological polar surface area (TPSA) is 65.1 Å². The lowest BCUT2D eigenvalue weighted by molar-refractivity contribution is -0.144. The molecule has 2 aliphatic rings. The quantitative estimate of drug-likeness (QED) is 0.684. The number of carbonyl (C=O) groups is 2. The van der Waals surface area contributed by atoms with E-state index in [1.54, 1.807) is 4.90 Å². The molecule has 1 amide bonds. The molecule has 0 spiro atoms. The van der Waals surface area contributed by atoms with Gasteiger partial charge >= 0.3 is 5.97 Å². The average molecular weight is 299 g/mol. The van der Waals surface area contributed by atoms with Crippen molar-refractivity contribution in [3.05, 3.63) is 0 Å². The smallest absolute Gasteiger partial charge is 0.307 e. The van der Waals surface area contributed by atoms with Gasteiger partial charge in [0.1, 0.15) is 0 Å². The summed E-state index contributed by atoms with van der Waals surface area (Å²) in [5.74, 6) is -0.299. The van der Waals surface area contributed by atoms with Crippen LogP contribution in [0.3, 0.4) is 0 Å². The molecule has 2 atom stereocenters. The van der Waals surface area contributed by atoms with Crippen LogP contribution in [-0.4, -0.2) is 62.9 Å². The molecule has 0 aromatic carbocycles. The van der Waals surface area contributed by atoms with Crippen molar-refractivity contribution >= 4 is 11.9 Å². The lowest BCUT2D eigenvalue weighted by atomic mass is 10.00. The van der Waals surface area contributed by atoms with Gasteiger partial charge in [-0.05, 0) is 25.7 Å². The summed E-state index contributed by atoms with van der Waals surface area (Å²) >= 11 is 0. The molecule has 0 saturated carbocycles. The van der Waals surface area contributed by atoms with Crippen LogP contribution in [0, 0.1) is 5.92 Å². The average Bonchev–Trinajstić information content (AvgIpc) is 3.04. The standard InChI is InChI=1S/C15H25NO5/c1-19-14(17)6-7-16(10-13-5-3-9-21-13)15(18)12-4-2-8-20-11-12/h12-13H,2-11H2,1H3. The van der Waals surface area contributed by atoms with Crippen molar-refractivity contribution in [1.29, 1.82) is 0 Å². The summed E-state index contributed by atoms with van der Waals surface area (Å²) in [4.78, 5) is 25.7. The molecule has 0 aliphatic carbocycles. The van der Waals surface area contributed by atoms with Crippen LogP contribution in [0.15, 0.2) is 0 Å². The van der Waals surface area contributed by atoms with E-state index in [1.807, 2.05) is 0 Å². The van der Waals surface area contributed by atoms with Gasteiger partial charge in [-0.2, -0.15) is 0 Å². The summed E-state index contributed by atoms with van der Waals surface area (Å²) in [6.07, 6.45) is 4.11. The number of esters is 1. The Kier molecular flexibility index (Phi) is 6.45. The van der Waals surface area contributed by atoms with Gasteiger partial charge in [-0.1, -0.05) is 0 Å². The van der Waals surface area contributed by atoms with E-state index in [0.717, 1.165) is 38.9 Å². The number of carbonyl (C=O) groups excluding carboxylic acids is 2.